The van der Waals surface area contributed by atoms with Gasteiger partial charge in [-0.15, -0.1) is 0 Å². The first-order valence-electron chi connectivity index (χ1n) is 13.7. The Bertz CT molecular complexity index is 1200. The van der Waals surface area contributed by atoms with E-state index in [0.29, 0.717) is 24.2 Å². The highest BCUT2D eigenvalue weighted by Gasteiger charge is 2.44. The summed E-state index contributed by atoms with van der Waals surface area (Å²) in [6.07, 6.45) is 10.8. The van der Waals surface area contributed by atoms with Gasteiger partial charge in [-0.1, -0.05) is 42.5 Å². The molecule has 190 valence electrons. The van der Waals surface area contributed by atoms with Crippen molar-refractivity contribution in [2.24, 2.45) is 0 Å². The van der Waals surface area contributed by atoms with E-state index >= 15 is 0 Å². The van der Waals surface area contributed by atoms with Gasteiger partial charge >= 0.3 is 0 Å². The third-order valence-corrected chi connectivity index (χ3v) is 9.80. The fourth-order valence-corrected chi connectivity index (χ4v) is 8.18. The zero-order valence-electron chi connectivity index (χ0n) is 21.2. The molecule has 1 aromatic heterocycles. The van der Waals surface area contributed by atoms with Crippen LogP contribution in [0, 0.1) is 6.92 Å². The van der Waals surface area contributed by atoms with E-state index in [9.17, 15) is 4.79 Å². The van der Waals surface area contributed by atoms with Gasteiger partial charge in [-0.05, 0) is 94.4 Å². The van der Waals surface area contributed by atoms with Crippen LogP contribution in [-0.4, -0.2) is 43.0 Å². The summed E-state index contributed by atoms with van der Waals surface area (Å²) in [5.74, 6) is 1.16. The number of para-hydroxylation sites is 2. The molecule has 5 nitrogen and oxygen atoms in total. The lowest BCUT2D eigenvalue weighted by Crippen LogP contribution is -2.47. The summed E-state index contributed by atoms with van der Waals surface area (Å²) >= 11 is 1.87. The van der Waals surface area contributed by atoms with Gasteiger partial charge in [0.05, 0.1) is 11.0 Å². The monoisotopic (exact) mass is 596 g/mol. The highest BCUT2D eigenvalue weighted by molar-refractivity contribution is 14.1. The van der Waals surface area contributed by atoms with Gasteiger partial charge in [0.2, 0.25) is 0 Å². The fraction of sp³-hybridized carbons (Fsp3) is 0.533. The Morgan fingerprint density at radius 1 is 0.972 bits per heavy atom. The van der Waals surface area contributed by atoms with Gasteiger partial charge < -0.3 is 9.88 Å². The van der Waals surface area contributed by atoms with Crippen LogP contribution < -0.4 is 5.32 Å². The third kappa shape index (κ3) is 4.60. The molecule has 1 N–H and O–H groups in total. The number of benzene rings is 2. The first kappa shape index (κ1) is 24.4. The molecule has 6 heteroatoms. The molecule has 1 aliphatic carbocycles. The van der Waals surface area contributed by atoms with Crippen molar-refractivity contribution in [2.45, 2.75) is 94.3 Å². The van der Waals surface area contributed by atoms with Crippen molar-refractivity contribution >= 4 is 37.5 Å². The van der Waals surface area contributed by atoms with Gasteiger partial charge in [-0.3, -0.25) is 9.69 Å². The topological polar surface area (TPSA) is 50.2 Å². The normalized spacial score (nSPS) is 30.5. The number of fused-ring (bicyclic) bond motifs is 3. The minimum atomic E-state index is 0.0742. The van der Waals surface area contributed by atoms with Gasteiger partial charge in [-0.2, -0.15) is 0 Å². The number of rotatable bonds is 6. The molecular formula is C30H37IN4O. The van der Waals surface area contributed by atoms with E-state index in [1.54, 1.807) is 0 Å². The summed E-state index contributed by atoms with van der Waals surface area (Å²) in [7, 11) is 0. The van der Waals surface area contributed by atoms with Gasteiger partial charge in [0.1, 0.15) is 5.82 Å². The second kappa shape index (κ2) is 10.1. The third-order valence-electron chi connectivity index (χ3n) is 9.49. The van der Waals surface area contributed by atoms with Crippen LogP contribution in [0.2, 0.25) is 0 Å². The van der Waals surface area contributed by atoms with Crippen molar-refractivity contribution in [1.29, 1.82) is 0 Å². The van der Waals surface area contributed by atoms with E-state index in [1.165, 1.54) is 49.7 Å². The quantitative estimate of drug-likeness (QED) is 0.191. The predicted octanol–water partition coefficient (Wildman–Crippen LogP) is 6.93. The zero-order valence-corrected chi connectivity index (χ0v) is 23.4. The smallest absolute Gasteiger partial charge is 0.280 e. The molecule has 3 fully saturated rings. The average molecular weight is 597 g/mol. The molecule has 0 radical (unpaired) electrons. The van der Waals surface area contributed by atoms with Crippen LogP contribution in [0.25, 0.3) is 11.0 Å². The van der Waals surface area contributed by atoms with Crippen LogP contribution in [0.15, 0.2) is 54.6 Å². The molecule has 2 bridgehead atoms. The molecule has 2 unspecified atom stereocenters. The number of piperidine rings is 1. The van der Waals surface area contributed by atoms with Crippen LogP contribution in [-0.2, 0) is 5.41 Å². The minimum absolute atomic E-state index is 0.0742. The second-order valence-corrected chi connectivity index (χ2v) is 12.3. The van der Waals surface area contributed by atoms with E-state index in [-0.39, 0.29) is 9.33 Å². The first-order valence-corrected chi connectivity index (χ1v) is 14.8. The number of hydrogen-bond acceptors (Lipinski definition) is 3. The van der Waals surface area contributed by atoms with Crippen LogP contribution in [0.1, 0.15) is 75.2 Å². The molecule has 6 rings (SSSR count). The summed E-state index contributed by atoms with van der Waals surface area (Å²) in [4.78, 5) is 19.4. The lowest BCUT2D eigenvalue weighted by molar-refractivity contribution is 0.0904. The van der Waals surface area contributed by atoms with Crippen molar-refractivity contribution in [1.82, 2.24) is 19.8 Å². The van der Waals surface area contributed by atoms with Crippen molar-refractivity contribution in [2.75, 3.05) is 6.54 Å². The minimum Gasteiger partial charge on any atom is -0.345 e. The highest BCUT2D eigenvalue weighted by Crippen LogP contribution is 2.46. The molecule has 1 amide bonds. The van der Waals surface area contributed by atoms with E-state index in [0.717, 1.165) is 37.0 Å². The molecule has 0 spiro atoms. The van der Waals surface area contributed by atoms with E-state index in [2.05, 4.69) is 76.3 Å². The summed E-state index contributed by atoms with van der Waals surface area (Å²) < 4.78 is 2.61. The molecular weight excluding hydrogens is 559 g/mol. The van der Waals surface area contributed by atoms with Crippen LogP contribution >= 0.6 is 22.6 Å². The lowest BCUT2D eigenvalue weighted by atomic mass is 9.66. The molecule has 2 aromatic carbocycles. The van der Waals surface area contributed by atoms with Crippen molar-refractivity contribution in [3.63, 3.8) is 0 Å². The van der Waals surface area contributed by atoms with E-state index < -0.39 is 0 Å². The maximum atomic E-state index is 11.6. The number of hydrogen-bond donors (Lipinski definition) is 1. The van der Waals surface area contributed by atoms with Crippen molar-refractivity contribution in [3.8, 4) is 0 Å². The zero-order chi connectivity index (χ0) is 24.7. The number of halogens is 1. The van der Waals surface area contributed by atoms with Crippen molar-refractivity contribution in [3.05, 3.63) is 66.0 Å². The lowest BCUT2D eigenvalue weighted by Gasteiger charge is -2.45. The number of carbonyl (C=O) groups is 1. The number of aromatic nitrogens is 2. The van der Waals surface area contributed by atoms with Crippen LogP contribution in [0.3, 0.4) is 0 Å². The number of imidazole rings is 1. The molecule has 3 aliphatic rings. The summed E-state index contributed by atoms with van der Waals surface area (Å²) in [5.41, 5.74) is 4.14. The standard InChI is InChI=1S/C30H37IN4O/c1-21-32-27-9-5-6-10-28(27)35(21)26-19-24-11-12-25(20-26)34(24)18-17-30(22-7-3-2-4-8-22)15-13-23(14-16-30)33-29(31)36/h2-10,23-26H,11-20H2,1H3,(H,33,36). The van der Waals surface area contributed by atoms with E-state index in [1.807, 2.05) is 22.6 Å². The maximum Gasteiger partial charge on any atom is 0.280 e. The summed E-state index contributed by atoms with van der Waals surface area (Å²) in [5, 5.41) is 3.17. The number of carbonyl (C=O) groups excluding carboxylic acids is 1. The number of amides is 1. The Kier molecular flexibility index (Phi) is 6.84. The molecule has 3 aromatic rings. The Morgan fingerprint density at radius 2 is 1.64 bits per heavy atom. The van der Waals surface area contributed by atoms with Gasteiger partial charge in [0, 0.05) is 46.8 Å². The van der Waals surface area contributed by atoms with Gasteiger partial charge in [0.25, 0.3) is 3.91 Å². The van der Waals surface area contributed by atoms with E-state index in [4.69, 9.17) is 4.98 Å². The van der Waals surface area contributed by atoms with Gasteiger partial charge in [0.15, 0.2) is 0 Å². The summed E-state index contributed by atoms with van der Waals surface area (Å²) in [6.45, 7) is 3.36. The Balaban J connectivity index is 1.17. The van der Waals surface area contributed by atoms with Crippen molar-refractivity contribution < 1.29 is 4.79 Å². The average Bonchev–Trinajstić information content (AvgIpc) is 3.34. The Labute approximate surface area is 228 Å². The van der Waals surface area contributed by atoms with Crippen LogP contribution in [0.5, 0.6) is 0 Å². The molecule has 2 atom stereocenters. The molecule has 2 aliphatic heterocycles. The maximum absolute atomic E-state index is 11.6. The number of aryl methyl sites for hydroxylation is 1. The Hall–Kier alpha value is -1.93. The number of nitrogens with one attached hydrogen (secondary N) is 1. The number of nitrogens with zero attached hydrogens (tertiary/aromatic N) is 3. The van der Waals surface area contributed by atoms with Crippen LogP contribution in [0.4, 0.5) is 4.79 Å². The molecule has 2 saturated heterocycles. The fourth-order valence-electron chi connectivity index (χ4n) is 7.74. The van der Waals surface area contributed by atoms with Gasteiger partial charge in [-0.25, -0.2) is 4.98 Å². The Morgan fingerprint density at radius 3 is 2.33 bits per heavy atom. The second-order valence-electron chi connectivity index (χ2n) is 11.4. The molecule has 1 saturated carbocycles. The largest absolute Gasteiger partial charge is 0.345 e. The highest BCUT2D eigenvalue weighted by atomic mass is 127. The predicted molar refractivity (Wildman–Crippen MR) is 154 cm³/mol. The first-order chi connectivity index (χ1) is 17.5. The molecule has 3 heterocycles. The molecule has 36 heavy (non-hydrogen) atoms. The SMILES string of the molecule is Cc1nc2ccccc2n1C1CC2CCC(C1)N2CCC1(c2ccccc2)CCC(NC(=O)I)CC1. The summed E-state index contributed by atoms with van der Waals surface area (Å²) in [6, 6.07) is 22.1.